The van der Waals surface area contributed by atoms with E-state index in [0.717, 1.165) is 38.5 Å². The van der Waals surface area contributed by atoms with Gasteiger partial charge in [-0.2, -0.15) is 0 Å². The number of aliphatic hydroxyl groups excluding tert-OH is 1. The third-order valence-corrected chi connectivity index (χ3v) is 10.2. The highest BCUT2D eigenvalue weighted by atomic mass is 16.3. The maximum atomic E-state index is 12.6. The molecule has 5 rings (SSSR count). The fourth-order valence-corrected chi connectivity index (χ4v) is 8.31. The second-order valence-corrected chi connectivity index (χ2v) is 10.9. The molecule has 5 nitrogen and oxygen atoms in total. The highest BCUT2D eigenvalue weighted by molar-refractivity contribution is 5.30. The van der Waals surface area contributed by atoms with E-state index in [1.54, 1.807) is 0 Å². The van der Waals surface area contributed by atoms with Crippen molar-refractivity contribution in [1.29, 1.82) is 0 Å². The van der Waals surface area contributed by atoms with Crippen LogP contribution in [0.2, 0.25) is 0 Å². The summed E-state index contributed by atoms with van der Waals surface area (Å²) in [6.07, 6.45) is 9.78. The molecule has 4 aliphatic rings. The van der Waals surface area contributed by atoms with Gasteiger partial charge in [-0.15, -0.1) is 0 Å². The van der Waals surface area contributed by atoms with Crippen molar-refractivity contribution < 1.29 is 19.7 Å². The molecule has 3 N–H and O–H groups in total. The first-order valence-electron chi connectivity index (χ1n) is 11.4. The summed E-state index contributed by atoms with van der Waals surface area (Å²) in [6, 6.07) is 1.36. The van der Waals surface area contributed by atoms with Crippen LogP contribution >= 0.6 is 0 Å². The molecule has 4 saturated carbocycles. The summed E-state index contributed by atoms with van der Waals surface area (Å²) in [5.74, 6) is 1.05. The van der Waals surface area contributed by atoms with Gasteiger partial charge >= 0.3 is 0 Å². The SMILES string of the molecule is C[C@]12CCC(O)CC1CC[C@@H]1[C@H]2CC[C@]2(C)C(O)(c3coccc3=O)CC[C@@]12O. The molecular weight excluding hydrogens is 368 g/mol. The molecule has 4 fully saturated rings. The van der Waals surface area contributed by atoms with E-state index in [4.69, 9.17) is 4.42 Å². The van der Waals surface area contributed by atoms with Crippen LogP contribution < -0.4 is 5.43 Å². The summed E-state index contributed by atoms with van der Waals surface area (Å²) >= 11 is 0. The molecule has 8 atom stereocenters. The minimum Gasteiger partial charge on any atom is -0.472 e. The zero-order valence-corrected chi connectivity index (χ0v) is 17.6. The minimum absolute atomic E-state index is 0.127. The van der Waals surface area contributed by atoms with Gasteiger partial charge in [0, 0.05) is 11.5 Å². The van der Waals surface area contributed by atoms with Crippen molar-refractivity contribution in [2.45, 2.75) is 88.9 Å². The van der Waals surface area contributed by atoms with Crippen LogP contribution in [-0.4, -0.2) is 27.0 Å². The summed E-state index contributed by atoms with van der Waals surface area (Å²) in [5.41, 5.74) is -2.91. The molecule has 29 heavy (non-hydrogen) atoms. The highest BCUT2D eigenvalue weighted by Crippen LogP contribution is 2.71. The first kappa shape index (κ1) is 19.8. The molecule has 5 heteroatoms. The minimum atomic E-state index is -1.37. The number of hydrogen-bond acceptors (Lipinski definition) is 5. The summed E-state index contributed by atoms with van der Waals surface area (Å²) in [7, 11) is 0. The Morgan fingerprint density at radius 3 is 2.55 bits per heavy atom. The Kier molecular flexibility index (Phi) is 4.21. The molecule has 0 spiro atoms. The first-order chi connectivity index (χ1) is 13.7. The fourth-order valence-electron chi connectivity index (χ4n) is 8.31. The van der Waals surface area contributed by atoms with E-state index in [9.17, 15) is 20.1 Å². The van der Waals surface area contributed by atoms with Crippen LogP contribution in [0.15, 0.2) is 27.8 Å². The lowest BCUT2D eigenvalue weighted by Gasteiger charge is -2.64. The van der Waals surface area contributed by atoms with Gasteiger partial charge in [-0.25, -0.2) is 0 Å². The average Bonchev–Trinajstić information content (AvgIpc) is 2.91. The molecule has 0 aromatic carbocycles. The molecule has 1 heterocycles. The lowest BCUT2D eigenvalue weighted by atomic mass is 9.43. The molecule has 3 unspecified atom stereocenters. The van der Waals surface area contributed by atoms with E-state index in [-0.39, 0.29) is 28.4 Å². The zero-order valence-electron chi connectivity index (χ0n) is 17.6. The van der Waals surface area contributed by atoms with Crippen LogP contribution in [0.1, 0.15) is 77.2 Å². The summed E-state index contributed by atoms with van der Waals surface area (Å²) in [5, 5.41) is 34.2. The van der Waals surface area contributed by atoms with E-state index in [1.165, 1.54) is 18.6 Å². The topological polar surface area (TPSA) is 90.9 Å². The molecule has 1 aromatic rings. The predicted molar refractivity (Wildman–Crippen MR) is 108 cm³/mol. The quantitative estimate of drug-likeness (QED) is 0.670. The van der Waals surface area contributed by atoms with Crippen molar-refractivity contribution >= 4 is 0 Å². The Hall–Kier alpha value is -1.17. The maximum Gasteiger partial charge on any atom is 0.190 e. The monoisotopic (exact) mass is 402 g/mol. The Morgan fingerprint density at radius 1 is 1.00 bits per heavy atom. The Bertz CT molecular complexity index is 865. The van der Waals surface area contributed by atoms with Crippen molar-refractivity contribution in [3.63, 3.8) is 0 Å². The molecule has 0 aliphatic heterocycles. The van der Waals surface area contributed by atoms with E-state index in [2.05, 4.69) is 6.92 Å². The van der Waals surface area contributed by atoms with Gasteiger partial charge in [-0.1, -0.05) is 13.8 Å². The summed E-state index contributed by atoms with van der Waals surface area (Å²) in [4.78, 5) is 12.6. The Morgan fingerprint density at radius 2 is 1.79 bits per heavy atom. The Balaban J connectivity index is 1.55. The van der Waals surface area contributed by atoms with Crippen LogP contribution in [-0.2, 0) is 5.60 Å². The third kappa shape index (κ3) is 2.35. The number of hydrogen-bond donors (Lipinski definition) is 3. The number of fused-ring (bicyclic) bond motifs is 5. The van der Waals surface area contributed by atoms with Crippen molar-refractivity contribution in [2.24, 2.45) is 28.6 Å². The summed E-state index contributed by atoms with van der Waals surface area (Å²) < 4.78 is 5.26. The second kappa shape index (κ2) is 6.18. The van der Waals surface area contributed by atoms with Crippen molar-refractivity contribution in [3.8, 4) is 0 Å². The molecule has 0 amide bonds. The van der Waals surface area contributed by atoms with Gasteiger partial charge in [0.05, 0.1) is 23.5 Å². The van der Waals surface area contributed by atoms with Crippen LogP contribution in [0.5, 0.6) is 0 Å². The fraction of sp³-hybridized carbons (Fsp3) is 0.792. The normalized spacial score (nSPS) is 51.8. The number of rotatable bonds is 1. The van der Waals surface area contributed by atoms with Crippen LogP contribution in [0, 0.1) is 28.6 Å². The van der Waals surface area contributed by atoms with Gasteiger partial charge in [0.25, 0.3) is 0 Å². The third-order valence-electron chi connectivity index (χ3n) is 10.2. The van der Waals surface area contributed by atoms with Gasteiger partial charge in [0.1, 0.15) is 11.9 Å². The molecule has 1 aromatic heterocycles. The average molecular weight is 403 g/mol. The molecule has 0 saturated heterocycles. The van der Waals surface area contributed by atoms with E-state index >= 15 is 0 Å². The van der Waals surface area contributed by atoms with E-state index in [0.29, 0.717) is 31.1 Å². The van der Waals surface area contributed by atoms with Crippen LogP contribution in [0.4, 0.5) is 0 Å². The second-order valence-electron chi connectivity index (χ2n) is 10.9. The first-order valence-corrected chi connectivity index (χ1v) is 11.4. The van der Waals surface area contributed by atoms with E-state index < -0.39 is 16.6 Å². The standard InChI is InChI=1S/C24H34O5/c1-21-8-5-16(25)13-15(21)3-4-18-17(21)6-9-22(2)23(18,27)10-11-24(22,28)19-14-29-12-7-20(19)26/h7,12,14-18,25,27-28H,3-6,8-11,13H2,1-2H3/t15?,16?,17-,18-,21+,22+,23-,24?/m1/s1. The maximum absolute atomic E-state index is 12.6. The lowest BCUT2D eigenvalue weighted by molar-refractivity contribution is -0.238. The molecule has 4 aliphatic carbocycles. The molecule has 0 radical (unpaired) electrons. The van der Waals surface area contributed by atoms with Gasteiger partial charge < -0.3 is 19.7 Å². The molecule has 0 bridgehead atoms. The predicted octanol–water partition coefficient (Wildman–Crippen LogP) is 3.35. The summed E-state index contributed by atoms with van der Waals surface area (Å²) in [6.45, 7) is 4.36. The van der Waals surface area contributed by atoms with Gasteiger partial charge in [0.2, 0.25) is 0 Å². The lowest BCUT2D eigenvalue weighted by Crippen LogP contribution is -2.65. The van der Waals surface area contributed by atoms with Gasteiger partial charge in [0.15, 0.2) is 5.43 Å². The smallest absolute Gasteiger partial charge is 0.190 e. The van der Waals surface area contributed by atoms with Crippen molar-refractivity contribution in [2.75, 3.05) is 0 Å². The highest BCUT2D eigenvalue weighted by Gasteiger charge is 2.72. The van der Waals surface area contributed by atoms with Crippen molar-refractivity contribution in [1.82, 2.24) is 0 Å². The molecule has 160 valence electrons. The largest absolute Gasteiger partial charge is 0.472 e. The number of aliphatic hydroxyl groups is 3. The van der Waals surface area contributed by atoms with Gasteiger partial charge in [-0.3, -0.25) is 4.79 Å². The van der Waals surface area contributed by atoms with Crippen LogP contribution in [0.3, 0.4) is 0 Å². The van der Waals surface area contributed by atoms with Crippen LogP contribution in [0.25, 0.3) is 0 Å². The van der Waals surface area contributed by atoms with Crippen molar-refractivity contribution in [3.05, 3.63) is 34.4 Å². The molecular formula is C24H34O5. The zero-order chi connectivity index (χ0) is 20.7. The van der Waals surface area contributed by atoms with Gasteiger partial charge in [-0.05, 0) is 81.0 Å². The Labute approximate surface area is 172 Å². The van der Waals surface area contributed by atoms with E-state index in [1.807, 2.05) is 6.92 Å².